The van der Waals surface area contributed by atoms with Crippen LogP contribution in [-0.2, 0) is 16.0 Å². The minimum absolute atomic E-state index is 0.0579. The third-order valence-corrected chi connectivity index (χ3v) is 6.77. The van der Waals surface area contributed by atoms with Crippen molar-refractivity contribution in [3.63, 3.8) is 0 Å². The van der Waals surface area contributed by atoms with Crippen molar-refractivity contribution in [1.29, 1.82) is 0 Å². The minimum Gasteiger partial charge on any atom is -0.465 e. The molecule has 3 aromatic heterocycles. The number of furan rings is 1. The van der Waals surface area contributed by atoms with Crippen LogP contribution in [-0.4, -0.2) is 36.2 Å². The Labute approximate surface area is 205 Å². The van der Waals surface area contributed by atoms with Gasteiger partial charge in [-0.05, 0) is 23.1 Å². The number of thiophene rings is 1. The van der Waals surface area contributed by atoms with E-state index in [1.165, 1.54) is 25.6 Å². The quantitative estimate of drug-likeness (QED) is 0.399. The van der Waals surface area contributed by atoms with E-state index in [0.717, 1.165) is 5.56 Å². The van der Waals surface area contributed by atoms with E-state index in [2.05, 4.69) is 4.98 Å². The number of pyridine rings is 1. The molecule has 4 aromatic rings. The van der Waals surface area contributed by atoms with E-state index in [4.69, 9.17) is 13.9 Å². The zero-order chi connectivity index (χ0) is 24.5. The van der Waals surface area contributed by atoms with Gasteiger partial charge in [-0.25, -0.2) is 9.59 Å². The number of anilines is 1. The van der Waals surface area contributed by atoms with Gasteiger partial charge in [0, 0.05) is 29.2 Å². The number of aromatic nitrogens is 1. The summed E-state index contributed by atoms with van der Waals surface area (Å²) in [5, 5.41) is 15.3. The number of methoxy groups -OCH3 is 2. The summed E-state index contributed by atoms with van der Waals surface area (Å²) in [7, 11) is 2.46. The summed E-state index contributed by atoms with van der Waals surface area (Å²) in [5.41, 5.74) is 3.01. The van der Waals surface area contributed by atoms with Crippen LogP contribution in [0.4, 0.5) is 5.69 Å². The number of esters is 2. The summed E-state index contributed by atoms with van der Waals surface area (Å²) in [6.45, 7) is 0.296. The molecule has 4 heterocycles. The fourth-order valence-electron chi connectivity index (χ4n) is 4.44. The molecule has 1 aromatic carbocycles. The Kier molecular flexibility index (Phi) is 6.10. The molecule has 1 aliphatic heterocycles. The van der Waals surface area contributed by atoms with Gasteiger partial charge in [0.2, 0.25) is 5.76 Å². The van der Waals surface area contributed by atoms with Crippen LogP contribution in [0.25, 0.3) is 11.3 Å². The molecule has 0 amide bonds. The first-order valence-electron chi connectivity index (χ1n) is 10.8. The van der Waals surface area contributed by atoms with E-state index in [0.29, 0.717) is 29.1 Å². The van der Waals surface area contributed by atoms with E-state index >= 15 is 0 Å². The van der Waals surface area contributed by atoms with Gasteiger partial charge in [-0.15, -0.1) is 0 Å². The highest BCUT2D eigenvalue weighted by atomic mass is 32.1. The number of carbonyl (C=O) groups is 2. The van der Waals surface area contributed by atoms with Crippen molar-refractivity contribution in [2.75, 3.05) is 19.1 Å². The van der Waals surface area contributed by atoms with Crippen molar-refractivity contribution >= 4 is 29.0 Å². The second-order valence-electron chi connectivity index (χ2n) is 7.97. The summed E-state index contributed by atoms with van der Waals surface area (Å²) >= 11 is 1.39. The third kappa shape index (κ3) is 3.88. The Hall–Kier alpha value is -3.95. The summed E-state index contributed by atoms with van der Waals surface area (Å²) in [6, 6.07) is 14.4. The molecule has 9 heteroatoms. The maximum atomic E-state index is 13.1. The Morgan fingerprint density at radius 2 is 1.80 bits per heavy atom. The van der Waals surface area contributed by atoms with Crippen LogP contribution < -0.4 is 4.90 Å². The van der Waals surface area contributed by atoms with Gasteiger partial charge in [-0.2, -0.15) is 11.3 Å². The van der Waals surface area contributed by atoms with Crippen molar-refractivity contribution in [3.05, 3.63) is 93.6 Å². The normalized spacial score (nSPS) is 16.7. The smallest absolute Gasteiger partial charge is 0.374 e. The Morgan fingerprint density at radius 3 is 2.49 bits per heavy atom. The van der Waals surface area contributed by atoms with Crippen molar-refractivity contribution < 1.29 is 28.6 Å². The highest BCUT2D eigenvalue weighted by Gasteiger charge is 2.43. The topological polar surface area (TPSA) is 102 Å². The average molecular weight is 491 g/mol. The van der Waals surface area contributed by atoms with Crippen molar-refractivity contribution in [2.24, 2.45) is 0 Å². The lowest BCUT2D eigenvalue weighted by Gasteiger charge is -2.35. The van der Waals surface area contributed by atoms with Gasteiger partial charge in [0.05, 0.1) is 19.9 Å². The average Bonchev–Trinajstić information content (AvgIpc) is 3.52. The predicted molar refractivity (Wildman–Crippen MR) is 129 cm³/mol. The zero-order valence-electron chi connectivity index (χ0n) is 19.0. The van der Waals surface area contributed by atoms with Crippen LogP contribution in [0, 0.1) is 0 Å². The molecule has 1 aliphatic rings. The van der Waals surface area contributed by atoms with Crippen LogP contribution >= 0.6 is 11.3 Å². The van der Waals surface area contributed by atoms with E-state index < -0.39 is 24.1 Å². The van der Waals surface area contributed by atoms with Gasteiger partial charge in [-0.3, -0.25) is 4.98 Å². The molecule has 0 spiro atoms. The number of benzene rings is 1. The molecule has 0 unspecified atom stereocenters. The lowest BCUT2D eigenvalue weighted by Crippen LogP contribution is -2.33. The Bertz CT molecular complexity index is 1370. The molecule has 2 atom stereocenters. The van der Waals surface area contributed by atoms with Gasteiger partial charge in [0.1, 0.15) is 23.4 Å². The zero-order valence-corrected chi connectivity index (χ0v) is 19.8. The molecule has 1 N–H and O–H groups in total. The number of hydrogen-bond donors (Lipinski definition) is 1. The molecular weight excluding hydrogens is 468 g/mol. The second kappa shape index (κ2) is 9.36. The first-order chi connectivity index (χ1) is 17.0. The minimum atomic E-state index is -0.996. The van der Waals surface area contributed by atoms with E-state index in [1.807, 2.05) is 58.1 Å². The van der Waals surface area contributed by atoms with Gasteiger partial charge in [0.15, 0.2) is 5.76 Å². The lowest BCUT2D eigenvalue weighted by molar-refractivity contribution is 0.0529. The molecule has 0 saturated heterocycles. The number of carbonyl (C=O) groups excluding carboxylic acids is 2. The largest absolute Gasteiger partial charge is 0.465 e. The van der Waals surface area contributed by atoms with Crippen molar-refractivity contribution in [2.45, 2.75) is 18.7 Å². The van der Waals surface area contributed by atoms with Crippen LogP contribution in [0.2, 0.25) is 0 Å². The number of nitrogens with zero attached hydrogens (tertiary/aromatic N) is 2. The molecular formula is C26H22N2O6S. The molecule has 0 bridgehead atoms. The van der Waals surface area contributed by atoms with Gasteiger partial charge in [-0.1, -0.05) is 36.4 Å². The Morgan fingerprint density at radius 1 is 1.06 bits per heavy atom. The molecule has 35 heavy (non-hydrogen) atoms. The fraction of sp³-hybridized carbons (Fsp3) is 0.192. The SMILES string of the molecule is COC(=O)c1oc2c(c1C(=O)OC)N(Cc1ccccc1)[C@H](c1ccccn1)[C@@H](O)c1cscc1-2. The van der Waals surface area contributed by atoms with E-state index in [9.17, 15) is 14.7 Å². The number of aliphatic hydroxyl groups excluding tert-OH is 1. The molecule has 178 valence electrons. The number of ether oxygens (including phenoxy) is 2. The third-order valence-electron chi connectivity index (χ3n) is 6.01. The Balaban J connectivity index is 1.85. The van der Waals surface area contributed by atoms with Gasteiger partial charge < -0.3 is 23.9 Å². The highest BCUT2D eigenvalue weighted by Crippen LogP contribution is 2.52. The van der Waals surface area contributed by atoms with Gasteiger partial charge in [0.25, 0.3) is 0 Å². The van der Waals surface area contributed by atoms with Crippen LogP contribution in [0.1, 0.15) is 49.9 Å². The number of rotatable bonds is 5. The molecule has 0 saturated carbocycles. The highest BCUT2D eigenvalue weighted by molar-refractivity contribution is 7.08. The standard InChI is InChI=1S/C26H22N2O6S/c1-32-25(30)19-21-23(34-24(19)26(31)33-2)17-14-35-13-16(17)22(29)20(18-10-6-7-11-27-18)28(21)12-15-8-4-3-5-9-15/h3-11,13-14,20,22,29H,12H2,1-2H3/t20-,22+/m1/s1. The maximum Gasteiger partial charge on any atom is 0.374 e. The van der Waals surface area contributed by atoms with Crippen molar-refractivity contribution in [1.82, 2.24) is 4.98 Å². The second-order valence-corrected chi connectivity index (χ2v) is 8.71. The fourth-order valence-corrected chi connectivity index (χ4v) is 5.30. The summed E-state index contributed by atoms with van der Waals surface area (Å²) < 4.78 is 16.0. The number of hydrogen-bond acceptors (Lipinski definition) is 9. The number of aliphatic hydroxyl groups is 1. The summed E-state index contributed by atoms with van der Waals surface area (Å²) in [5.74, 6) is -1.52. The molecule has 8 nitrogen and oxygen atoms in total. The number of fused-ring (bicyclic) bond motifs is 3. The van der Waals surface area contributed by atoms with Crippen molar-refractivity contribution in [3.8, 4) is 11.3 Å². The first-order valence-corrected chi connectivity index (χ1v) is 11.8. The lowest BCUT2D eigenvalue weighted by atomic mass is 9.98. The van der Waals surface area contributed by atoms with Crippen LogP contribution in [0.3, 0.4) is 0 Å². The first kappa shape index (κ1) is 22.8. The summed E-state index contributed by atoms with van der Waals surface area (Å²) in [6.07, 6.45) is 0.657. The monoisotopic (exact) mass is 490 g/mol. The molecule has 0 fully saturated rings. The van der Waals surface area contributed by atoms with Crippen LogP contribution in [0.15, 0.2) is 69.9 Å². The molecule has 5 rings (SSSR count). The molecule has 0 aliphatic carbocycles. The predicted octanol–water partition coefficient (Wildman–Crippen LogP) is 4.77. The maximum absolute atomic E-state index is 13.1. The van der Waals surface area contributed by atoms with E-state index in [-0.39, 0.29) is 17.1 Å². The molecule has 0 radical (unpaired) electrons. The van der Waals surface area contributed by atoms with Crippen LogP contribution in [0.5, 0.6) is 0 Å². The summed E-state index contributed by atoms with van der Waals surface area (Å²) in [4.78, 5) is 32.2. The van der Waals surface area contributed by atoms with Gasteiger partial charge >= 0.3 is 11.9 Å². The van der Waals surface area contributed by atoms with E-state index in [1.54, 1.807) is 12.3 Å².